The molecule has 0 aliphatic carbocycles. The lowest BCUT2D eigenvalue weighted by Crippen LogP contribution is -2.22. The molecule has 0 saturated heterocycles. The topological polar surface area (TPSA) is 0 Å². The van der Waals surface area contributed by atoms with Gasteiger partial charge in [-0.2, -0.15) is 0 Å². The van der Waals surface area contributed by atoms with Crippen LogP contribution in [0.1, 0.15) is 47.2 Å². The first-order valence-electron chi connectivity index (χ1n) is 6.98. The third-order valence-electron chi connectivity index (χ3n) is 4.13. The highest BCUT2D eigenvalue weighted by atomic mass is 14.3. The second-order valence-corrected chi connectivity index (χ2v) is 6.26. The van der Waals surface area contributed by atoms with Gasteiger partial charge in [0.25, 0.3) is 0 Å². The van der Waals surface area contributed by atoms with Crippen molar-refractivity contribution in [2.45, 2.75) is 47.0 Å². The van der Waals surface area contributed by atoms with Crippen molar-refractivity contribution in [3.63, 3.8) is 0 Å². The van der Waals surface area contributed by atoms with Crippen LogP contribution < -0.4 is 0 Å². The van der Waals surface area contributed by atoms with Crippen LogP contribution in [-0.4, -0.2) is 0 Å². The molecule has 0 nitrogen and oxygen atoms in total. The summed E-state index contributed by atoms with van der Waals surface area (Å²) in [6.07, 6.45) is 0. The van der Waals surface area contributed by atoms with Crippen molar-refractivity contribution in [3.05, 3.63) is 69.8 Å². The molecule has 0 amide bonds. The Hall–Kier alpha value is -1.56. The maximum atomic E-state index is 2.33. The predicted molar refractivity (Wildman–Crippen MR) is 84.0 cm³/mol. The molecule has 2 rings (SSSR count). The van der Waals surface area contributed by atoms with E-state index in [4.69, 9.17) is 0 Å². The zero-order valence-corrected chi connectivity index (χ0v) is 13.0. The molecule has 0 atom stereocenters. The van der Waals surface area contributed by atoms with E-state index in [2.05, 4.69) is 77.9 Å². The van der Waals surface area contributed by atoms with Crippen LogP contribution in [0.15, 0.2) is 36.4 Å². The van der Waals surface area contributed by atoms with Crippen molar-refractivity contribution in [2.75, 3.05) is 0 Å². The lowest BCUT2D eigenvalue weighted by atomic mass is 9.74. The fourth-order valence-electron chi connectivity index (χ4n) is 2.96. The largest absolute Gasteiger partial charge is 0.0590 e. The zero-order valence-electron chi connectivity index (χ0n) is 13.0. The van der Waals surface area contributed by atoms with Crippen molar-refractivity contribution in [1.82, 2.24) is 0 Å². The van der Waals surface area contributed by atoms with Gasteiger partial charge in [-0.1, -0.05) is 61.4 Å². The van der Waals surface area contributed by atoms with Crippen LogP contribution in [0.25, 0.3) is 0 Å². The molecule has 0 unspecified atom stereocenters. The van der Waals surface area contributed by atoms with Crippen LogP contribution in [0.4, 0.5) is 0 Å². The van der Waals surface area contributed by atoms with Crippen molar-refractivity contribution < 1.29 is 0 Å². The van der Waals surface area contributed by atoms with Gasteiger partial charge >= 0.3 is 0 Å². The zero-order chi connectivity index (χ0) is 14.2. The molecule has 19 heavy (non-hydrogen) atoms. The smallest absolute Gasteiger partial charge is 0.0151 e. The molecule has 0 heterocycles. The van der Waals surface area contributed by atoms with E-state index in [1.54, 1.807) is 0 Å². The maximum absolute atomic E-state index is 2.33. The summed E-state index contributed by atoms with van der Waals surface area (Å²) in [5.74, 6) is 0. The van der Waals surface area contributed by atoms with E-state index < -0.39 is 0 Å². The van der Waals surface area contributed by atoms with Gasteiger partial charge in [0.1, 0.15) is 0 Å². The average molecular weight is 252 g/mol. The lowest BCUT2D eigenvalue weighted by molar-refractivity contribution is 0.630. The molecule has 0 aliphatic rings. The van der Waals surface area contributed by atoms with Gasteiger partial charge in [-0.3, -0.25) is 0 Å². The fourth-order valence-corrected chi connectivity index (χ4v) is 2.96. The van der Waals surface area contributed by atoms with E-state index in [-0.39, 0.29) is 5.41 Å². The minimum absolute atomic E-state index is 0.0478. The summed E-state index contributed by atoms with van der Waals surface area (Å²) in [6, 6.07) is 13.5. The van der Waals surface area contributed by atoms with Crippen molar-refractivity contribution in [3.8, 4) is 0 Å². The van der Waals surface area contributed by atoms with E-state index in [9.17, 15) is 0 Å². The summed E-state index contributed by atoms with van der Waals surface area (Å²) in [6.45, 7) is 13.4. The van der Waals surface area contributed by atoms with Crippen LogP contribution in [0.5, 0.6) is 0 Å². The van der Waals surface area contributed by atoms with E-state index in [1.807, 2.05) is 0 Å². The van der Waals surface area contributed by atoms with Crippen LogP contribution in [-0.2, 0) is 5.41 Å². The quantitative estimate of drug-likeness (QED) is 0.685. The highest BCUT2D eigenvalue weighted by molar-refractivity contribution is 5.47. The molecule has 2 aromatic carbocycles. The Bertz CT molecular complexity index is 550. The van der Waals surface area contributed by atoms with Gasteiger partial charge < -0.3 is 0 Å². The summed E-state index contributed by atoms with van der Waals surface area (Å²) in [5, 5.41) is 0. The molecule has 0 saturated carbocycles. The van der Waals surface area contributed by atoms with Crippen LogP contribution in [0.3, 0.4) is 0 Å². The van der Waals surface area contributed by atoms with E-state index >= 15 is 0 Å². The second kappa shape index (κ2) is 4.85. The maximum Gasteiger partial charge on any atom is 0.0151 e. The highest BCUT2D eigenvalue weighted by Crippen LogP contribution is 2.36. The molecule has 0 heteroatoms. The summed E-state index contributed by atoms with van der Waals surface area (Å²) < 4.78 is 0. The molecule has 0 fully saturated rings. The van der Waals surface area contributed by atoms with Crippen molar-refractivity contribution in [2.24, 2.45) is 0 Å². The van der Waals surface area contributed by atoms with Gasteiger partial charge in [0.15, 0.2) is 0 Å². The SMILES string of the molecule is Cc1ccc(C)c(C(C)(C)c2cc(C)ccc2C)c1. The number of benzene rings is 2. The molecule has 100 valence electrons. The molecule has 0 N–H and O–H groups in total. The Morgan fingerprint density at radius 2 is 1.00 bits per heavy atom. The van der Waals surface area contributed by atoms with Crippen molar-refractivity contribution >= 4 is 0 Å². The first-order chi connectivity index (χ1) is 8.82. The minimum atomic E-state index is 0.0478. The van der Waals surface area contributed by atoms with E-state index in [1.165, 1.54) is 33.4 Å². The van der Waals surface area contributed by atoms with Gasteiger partial charge in [-0.25, -0.2) is 0 Å². The highest BCUT2D eigenvalue weighted by Gasteiger charge is 2.26. The van der Waals surface area contributed by atoms with Gasteiger partial charge in [0.05, 0.1) is 0 Å². The standard InChI is InChI=1S/C19H24/c1-13-7-9-15(3)17(11-13)19(5,6)18-12-14(2)8-10-16(18)4/h7-12H,1-6H3. The first-order valence-corrected chi connectivity index (χ1v) is 6.98. The number of aryl methyl sites for hydroxylation is 4. The van der Waals surface area contributed by atoms with Crippen LogP contribution in [0, 0.1) is 27.7 Å². The number of hydrogen-bond acceptors (Lipinski definition) is 0. The second-order valence-electron chi connectivity index (χ2n) is 6.26. The minimum Gasteiger partial charge on any atom is -0.0590 e. The monoisotopic (exact) mass is 252 g/mol. The van der Waals surface area contributed by atoms with E-state index in [0.29, 0.717) is 0 Å². The fraction of sp³-hybridized carbons (Fsp3) is 0.368. The first kappa shape index (κ1) is 13.9. The Kier molecular flexibility index (Phi) is 3.54. The summed E-state index contributed by atoms with van der Waals surface area (Å²) in [5.41, 5.74) is 8.32. The average Bonchev–Trinajstić information content (AvgIpc) is 2.35. The molecule has 2 aromatic rings. The molecule has 0 spiro atoms. The van der Waals surface area contributed by atoms with Gasteiger partial charge in [0.2, 0.25) is 0 Å². The Morgan fingerprint density at radius 3 is 1.37 bits per heavy atom. The number of rotatable bonds is 2. The summed E-state index contributed by atoms with van der Waals surface area (Å²) >= 11 is 0. The Labute approximate surface area is 117 Å². The summed E-state index contributed by atoms with van der Waals surface area (Å²) in [4.78, 5) is 0. The number of hydrogen-bond donors (Lipinski definition) is 0. The summed E-state index contributed by atoms with van der Waals surface area (Å²) in [7, 11) is 0. The molecular weight excluding hydrogens is 228 g/mol. The van der Waals surface area contributed by atoms with Crippen LogP contribution >= 0.6 is 0 Å². The lowest BCUT2D eigenvalue weighted by Gasteiger charge is -2.30. The van der Waals surface area contributed by atoms with Crippen molar-refractivity contribution in [1.29, 1.82) is 0 Å². The molecule has 0 radical (unpaired) electrons. The predicted octanol–water partition coefficient (Wildman–Crippen LogP) is 5.25. The normalized spacial score (nSPS) is 11.7. The van der Waals surface area contributed by atoms with E-state index in [0.717, 1.165) is 0 Å². The molecule has 0 bridgehead atoms. The third-order valence-corrected chi connectivity index (χ3v) is 4.13. The Balaban J connectivity index is 2.64. The van der Waals surface area contributed by atoms with Crippen LogP contribution in [0.2, 0.25) is 0 Å². The Morgan fingerprint density at radius 1 is 0.632 bits per heavy atom. The third kappa shape index (κ3) is 2.58. The van der Waals surface area contributed by atoms with Gasteiger partial charge in [-0.05, 0) is 49.9 Å². The van der Waals surface area contributed by atoms with Gasteiger partial charge in [0, 0.05) is 5.41 Å². The molecule has 0 aromatic heterocycles. The van der Waals surface area contributed by atoms with Gasteiger partial charge in [-0.15, -0.1) is 0 Å². The molecular formula is C19H24. The molecule has 0 aliphatic heterocycles.